The maximum absolute atomic E-state index is 2.36. The van der Waals surface area contributed by atoms with Gasteiger partial charge in [-0.1, -0.05) is 36.4 Å². The van der Waals surface area contributed by atoms with Crippen molar-refractivity contribution < 1.29 is 0 Å². The maximum Gasteiger partial charge on any atom is 0.0542 e. The zero-order valence-corrected chi connectivity index (χ0v) is 18.9. The van der Waals surface area contributed by atoms with Gasteiger partial charge in [0, 0.05) is 34.8 Å². The van der Waals surface area contributed by atoms with Crippen LogP contribution in [-0.4, -0.2) is 0 Å². The molecule has 0 radical (unpaired) electrons. The Hall–Kier alpha value is -2.24. The molecule has 0 aliphatic rings. The molecule has 4 heterocycles. The number of benzene rings is 2. The number of hydrogen-bond acceptors (Lipinski definition) is 4. The highest BCUT2D eigenvalue weighted by molar-refractivity contribution is 7.36. The molecule has 0 atom stereocenters. The fourth-order valence-corrected chi connectivity index (χ4v) is 8.20. The van der Waals surface area contributed by atoms with Gasteiger partial charge in [-0.3, -0.25) is 0 Å². The molecular weight excluding hydrogens is 429 g/mol. The highest BCUT2D eigenvalue weighted by Gasteiger charge is 2.14. The van der Waals surface area contributed by atoms with E-state index in [1.54, 1.807) is 11.3 Å². The first-order valence-electron chi connectivity index (χ1n) is 9.46. The highest BCUT2D eigenvalue weighted by Crippen LogP contribution is 2.46. The SMILES string of the molecule is CC=Cc1ccc(-c2ccc3c(c2)sc2c4ccc(-c5cccs5)cc4sc32)s1. The van der Waals surface area contributed by atoms with E-state index in [1.807, 2.05) is 34.0 Å². The van der Waals surface area contributed by atoms with Crippen LogP contribution in [0, 0.1) is 0 Å². The fraction of sp³-hybridized carbons (Fsp3) is 0.0400. The molecule has 0 aliphatic carbocycles. The molecular formula is C25H16S4. The van der Waals surface area contributed by atoms with Gasteiger partial charge in [0.1, 0.15) is 0 Å². The van der Waals surface area contributed by atoms with Crippen molar-refractivity contribution in [2.75, 3.05) is 0 Å². The van der Waals surface area contributed by atoms with Crippen molar-refractivity contribution in [1.82, 2.24) is 0 Å². The van der Waals surface area contributed by atoms with Gasteiger partial charge in [0.15, 0.2) is 0 Å². The molecule has 140 valence electrons. The Morgan fingerprint density at radius 3 is 2.00 bits per heavy atom. The lowest BCUT2D eigenvalue weighted by Crippen LogP contribution is -1.71. The average Bonchev–Trinajstić information content (AvgIpc) is 3.51. The Kier molecular flexibility index (Phi) is 4.20. The van der Waals surface area contributed by atoms with Crippen molar-refractivity contribution in [1.29, 1.82) is 0 Å². The third-order valence-corrected chi connectivity index (χ3v) is 9.65. The van der Waals surface area contributed by atoms with Crippen LogP contribution in [0.5, 0.6) is 0 Å². The highest BCUT2D eigenvalue weighted by atomic mass is 32.1. The van der Waals surface area contributed by atoms with E-state index < -0.39 is 0 Å². The van der Waals surface area contributed by atoms with E-state index in [9.17, 15) is 0 Å². The number of fused-ring (bicyclic) bond motifs is 5. The summed E-state index contributed by atoms with van der Waals surface area (Å²) >= 11 is 7.52. The van der Waals surface area contributed by atoms with E-state index in [1.165, 1.54) is 55.3 Å². The van der Waals surface area contributed by atoms with Gasteiger partial charge in [0.05, 0.1) is 9.40 Å². The quantitative estimate of drug-likeness (QED) is 0.255. The summed E-state index contributed by atoms with van der Waals surface area (Å²) < 4.78 is 5.62. The van der Waals surface area contributed by atoms with Crippen LogP contribution < -0.4 is 0 Å². The van der Waals surface area contributed by atoms with Gasteiger partial charge < -0.3 is 0 Å². The second-order valence-corrected chi connectivity index (χ2v) is 11.1. The summed E-state index contributed by atoms with van der Waals surface area (Å²) in [6.07, 6.45) is 4.27. The van der Waals surface area contributed by atoms with Crippen LogP contribution in [0.15, 0.2) is 72.1 Å². The normalized spacial score (nSPS) is 12.2. The summed E-state index contributed by atoms with van der Waals surface area (Å²) in [5.41, 5.74) is 2.64. The Balaban J connectivity index is 1.49. The predicted molar refractivity (Wildman–Crippen MR) is 136 cm³/mol. The van der Waals surface area contributed by atoms with Gasteiger partial charge in [-0.15, -0.1) is 45.3 Å². The zero-order chi connectivity index (χ0) is 19.4. The van der Waals surface area contributed by atoms with Gasteiger partial charge in [-0.25, -0.2) is 0 Å². The molecule has 0 spiro atoms. The van der Waals surface area contributed by atoms with Crippen molar-refractivity contribution in [2.24, 2.45) is 0 Å². The minimum absolute atomic E-state index is 1.31. The lowest BCUT2D eigenvalue weighted by Gasteiger charge is -1.99. The third kappa shape index (κ3) is 2.90. The van der Waals surface area contributed by atoms with Crippen molar-refractivity contribution in [2.45, 2.75) is 6.92 Å². The van der Waals surface area contributed by atoms with E-state index in [4.69, 9.17) is 0 Å². The standard InChI is InChI=1S/C25H16S4/c1-2-4-17-8-11-21(27-17)16-7-10-19-23(14-16)29-24-18-9-6-15(20-5-3-12-26-20)13-22(18)28-25(19)24/h2-14H,1H3. The Morgan fingerprint density at radius 1 is 0.690 bits per heavy atom. The monoisotopic (exact) mass is 444 g/mol. The van der Waals surface area contributed by atoms with Crippen molar-refractivity contribution >= 4 is 81.0 Å². The van der Waals surface area contributed by atoms with Crippen molar-refractivity contribution in [3.63, 3.8) is 0 Å². The van der Waals surface area contributed by atoms with Crippen LogP contribution >= 0.6 is 45.3 Å². The molecule has 0 fully saturated rings. The molecule has 0 saturated carbocycles. The second kappa shape index (κ2) is 6.92. The third-order valence-electron chi connectivity index (χ3n) is 5.13. The molecule has 29 heavy (non-hydrogen) atoms. The van der Waals surface area contributed by atoms with Crippen molar-refractivity contribution in [3.05, 3.63) is 77.0 Å². The van der Waals surface area contributed by atoms with E-state index in [0.29, 0.717) is 0 Å². The van der Waals surface area contributed by atoms with Gasteiger partial charge in [0.25, 0.3) is 0 Å². The van der Waals surface area contributed by atoms with Gasteiger partial charge in [-0.05, 0) is 59.8 Å². The van der Waals surface area contributed by atoms with Crippen LogP contribution in [0.2, 0.25) is 0 Å². The van der Waals surface area contributed by atoms with Gasteiger partial charge in [0.2, 0.25) is 0 Å². The molecule has 0 saturated heterocycles. The molecule has 0 N–H and O–H groups in total. The van der Waals surface area contributed by atoms with Gasteiger partial charge in [-0.2, -0.15) is 0 Å². The van der Waals surface area contributed by atoms with E-state index in [2.05, 4.69) is 85.1 Å². The molecule has 0 nitrogen and oxygen atoms in total. The molecule has 2 aromatic carbocycles. The number of allylic oxidation sites excluding steroid dienone is 1. The average molecular weight is 445 g/mol. The molecule has 0 unspecified atom stereocenters. The van der Waals surface area contributed by atoms with Crippen LogP contribution in [0.1, 0.15) is 11.8 Å². The summed E-state index contributed by atoms with van der Waals surface area (Å²) in [6, 6.07) is 22.6. The summed E-state index contributed by atoms with van der Waals surface area (Å²) in [5, 5.41) is 4.92. The van der Waals surface area contributed by atoms with Crippen LogP contribution in [0.4, 0.5) is 0 Å². The lowest BCUT2D eigenvalue weighted by atomic mass is 10.1. The molecule has 0 bridgehead atoms. The summed E-state index contributed by atoms with van der Waals surface area (Å²) in [6.45, 7) is 2.07. The summed E-state index contributed by atoms with van der Waals surface area (Å²) in [7, 11) is 0. The first kappa shape index (κ1) is 17.6. The topological polar surface area (TPSA) is 0 Å². The minimum atomic E-state index is 1.31. The van der Waals surface area contributed by atoms with Crippen LogP contribution in [-0.2, 0) is 0 Å². The Labute approximate surface area is 185 Å². The number of thiophene rings is 4. The molecule has 6 rings (SSSR count). The second-order valence-electron chi connectivity index (χ2n) is 6.96. The molecule has 0 amide bonds. The largest absolute Gasteiger partial charge is 0.144 e. The Bertz CT molecular complexity index is 1500. The number of hydrogen-bond donors (Lipinski definition) is 0. The Morgan fingerprint density at radius 2 is 1.38 bits per heavy atom. The van der Waals surface area contributed by atoms with E-state index >= 15 is 0 Å². The van der Waals surface area contributed by atoms with E-state index in [-0.39, 0.29) is 0 Å². The van der Waals surface area contributed by atoms with Gasteiger partial charge >= 0.3 is 0 Å². The smallest absolute Gasteiger partial charge is 0.0542 e. The molecule has 4 aromatic heterocycles. The van der Waals surface area contributed by atoms with Crippen LogP contribution in [0.25, 0.3) is 56.5 Å². The summed E-state index contributed by atoms with van der Waals surface area (Å²) in [5.74, 6) is 0. The van der Waals surface area contributed by atoms with E-state index in [0.717, 1.165) is 0 Å². The minimum Gasteiger partial charge on any atom is -0.144 e. The number of rotatable bonds is 3. The molecule has 0 aliphatic heterocycles. The lowest BCUT2D eigenvalue weighted by molar-refractivity contribution is 1.78. The maximum atomic E-state index is 2.36. The first-order valence-corrected chi connectivity index (χ1v) is 12.8. The fourth-order valence-electron chi connectivity index (χ4n) is 3.77. The predicted octanol–water partition coefficient (Wildman–Crippen LogP) is 9.76. The molecule has 4 heteroatoms. The summed E-state index contributed by atoms with van der Waals surface area (Å²) in [4.78, 5) is 3.98. The van der Waals surface area contributed by atoms with Crippen LogP contribution in [0.3, 0.4) is 0 Å². The first-order chi connectivity index (χ1) is 14.3. The van der Waals surface area contributed by atoms with Crippen molar-refractivity contribution in [3.8, 4) is 20.9 Å². The zero-order valence-electron chi connectivity index (χ0n) is 15.6. The molecule has 6 aromatic rings.